The van der Waals surface area contributed by atoms with Gasteiger partial charge in [0.15, 0.2) is 0 Å². The van der Waals surface area contributed by atoms with Crippen molar-refractivity contribution >= 4 is 21.7 Å². The second kappa shape index (κ2) is 7.25. The van der Waals surface area contributed by atoms with Gasteiger partial charge in [0.2, 0.25) is 10.0 Å². The lowest BCUT2D eigenvalue weighted by atomic mass is 10.2. The molecule has 112 valence electrons. The molecule has 1 aromatic rings. The van der Waals surface area contributed by atoms with E-state index in [0.29, 0.717) is 12.1 Å². The molecule has 0 heterocycles. The molecule has 0 saturated carbocycles. The number of aromatic carboxylic acids is 1. The molecule has 0 saturated heterocycles. The van der Waals surface area contributed by atoms with Crippen LogP contribution in [0.4, 0.5) is 5.69 Å². The number of anilines is 1. The second-order valence-electron chi connectivity index (χ2n) is 4.32. The van der Waals surface area contributed by atoms with Gasteiger partial charge >= 0.3 is 5.97 Å². The minimum absolute atomic E-state index is 0.00415. The molecule has 0 aliphatic heterocycles. The third-order valence-electron chi connectivity index (χ3n) is 2.80. The molecule has 0 amide bonds. The number of rotatable bonds is 8. The minimum Gasteiger partial charge on any atom is -0.478 e. The Kier molecular flexibility index (Phi) is 5.97. The third-order valence-corrected chi connectivity index (χ3v) is 4.67. The second-order valence-corrected chi connectivity index (χ2v) is 6.33. The van der Waals surface area contributed by atoms with Crippen LogP contribution in [0.1, 0.15) is 30.1 Å². The van der Waals surface area contributed by atoms with Crippen LogP contribution in [0.2, 0.25) is 0 Å². The first-order valence-corrected chi connectivity index (χ1v) is 7.98. The molecular formula is C13H19NO5S. The summed E-state index contributed by atoms with van der Waals surface area (Å²) in [6.45, 7) is 1.55. The van der Waals surface area contributed by atoms with Crippen molar-refractivity contribution in [3.05, 3.63) is 29.8 Å². The van der Waals surface area contributed by atoms with Crippen LogP contribution < -0.4 is 4.31 Å². The van der Waals surface area contributed by atoms with E-state index in [9.17, 15) is 13.2 Å². The Morgan fingerprint density at radius 1 is 1.25 bits per heavy atom. The summed E-state index contributed by atoms with van der Waals surface area (Å²) in [6, 6.07) is 5.56. The normalized spacial score (nSPS) is 11.3. The van der Waals surface area contributed by atoms with Gasteiger partial charge in [-0.1, -0.05) is 13.3 Å². The predicted molar refractivity (Wildman–Crippen MR) is 76.5 cm³/mol. The highest BCUT2D eigenvalue weighted by molar-refractivity contribution is 7.92. The van der Waals surface area contributed by atoms with Crippen molar-refractivity contribution in [2.24, 2.45) is 0 Å². The van der Waals surface area contributed by atoms with Crippen LogP contribution in [0.15, 0.2) is 24.3 Å². The molecular weight excluding hydrogens is 282 g/mol. The SMILES string of the molecule is CCCCS(=O)(=O)N(CCO)c1ccc(C(=O)O)cc1. The summed E-state index contributed by atoms with van der Waals surface area (Å²) >= 11 is 0. The summed E-state index contributed by atoms with van der Waals surface area (Å²) in [6.07, 6.45) is 1.29. The lowest BCUT2D eigenvalue weighted by Gasteiger charge is -2.23. The maximum atomic E-state index is 12.2. The van der Waals surface area contributed by atoms with Gasteiger partial charge in [-0.05, 0) is 30.7 Å². The van der Waals surface area contributed by atoms with Crippen molar-refractivity contribution in [2.45, 2.75) is 19.8 Å². The van der Waals surface area contributed by atoms with Crippen molar-refractivity contribution in [1.29, 1.82) is 0 Å². The van der Waals surface area contributed by atoms with Crippen molar-refractivity contribution in [3.63, 3.8) is 0 Å². The fourth-order valence-corrected chi connectivity index (χ4v) is 3.40. The van der Waals surface area contributed by atoms with Gasteiger partial charge in [0.05, 0.1) is 30.2 Å². The lowest BCUT2D eigenvalue weighted by molar-refractivity contribution is 0.0697. The molecule has 0 aliphatic rings. The third kappa shape index (κ3) is 4.21. The highest BCUT2D eigenvalue weighted by Crippen LogP contribution is 2.19. The van der Waals surface area contributed by atoms with Gasteiger partial charge < -0.3 is 10.2 Å². The maximum absolute atomic E-state index is 12.2. The number of carboxylic acids is 1. The number of nitrogens with zero attached hydrogens (tertiary/aromatic N) is 1. The number of benzene rings is 1. The molecule has 0 bridgehead atoms. The molecule has 0 fully saturated rings. The van der Waals surface area contributed by atoms with E-state index in [4.69, 9.17) is 10.2 Å². The molecule has 0 aliphatic carbocycles. The summed E-state index contributed by atoms with van der Waals surface area (Å²) in [5.41, 5.74) is 0.448. The number of carbonyl (C=O) groups is 1. The topological polar surface area (TPSA) is 94.9 Å². The monoisotopic (exact) mass is 301 g/mol. The number of unbranched alkanes of at least 4 members (excludes halogenated alkanes) is 1. The number of hydrogen-bond donors (Lipinski definition) is 2. The van der Waals surface area contributed by atoms with Crippen molar-refractivity contribution in [1.82, 2.24) is 0 Å². The van der Waals surface area contributed by atoms with Crippen LogP contribution in [0.3, 0.4) is 0 Å². The predicted octanol–water partition coefficient (Wildman–Crippen LogP) is 1.31. The zero-order valence-corrected chi connectivity index (χ0v) is 12.1. The number of carboxylic acid groups (broad SMARTS) is 1. The van der Waals surface area contributed by atoms with Gasteiger partial charge in [-0.25, -0.2) is 13.2 Å². The molecule has 0 radical (unpaired) electrons. The highest BCUT2D eigenvalue weighted by atomic mass is 32.2. The lowest BCUT2D eigenvalue weighted by Crippen LogP contribution is -2.35. The fraction of sp³-hybridized carbons (Fsp3) is 0.462. The van der Waals surface area contributed by atoms with Crippen LogP contribution in [0, 0.1) is 0 Å². The van der Waals surface area contributed by atoms with E-state index in [1.54, 1.807) is 0 Å². The molecule has 2 N–H and O–H groups in total. The fourth-order valence-electron chi connectivity index (χ4n) is 1.73. The van der Waals surface area contributed by atoms with E-state index < -0.39 is 16.0 Å². The molecule has 7 heteroatoms. The van der Waals surface area contributed by atoms with Gasteiger partial charge in [-0.2, -0.15) is 0 Å². The van der Waals surface area contributed by atoms with Gasteiger partial charge in [0.25, 0.3) is 0 Å². The Hall–Kier alpha value is -1.60. The molecule has 0 aromatic heterocycles. The molecule has 20 heavy (non-hydrogen) atoms. The minimum atomic E-state index is -3.51. The van der Waals surface area contributed by atoms with Crippen molar-refractivity contribution in [3.8, 4) is 0 Å². The molecule has 6 nitrogen and oxygen atoms in total. The van der Waals surface area contributed by atoms with E-state index in [-0.39, 0.29) is 24.5 Å². The average molecular weight is 301 g/mol. The Balaban J connectivity index is 3.04. The molecule has 0 spiro atoms. The first-order valence-electron chi connectivity index (χ1n) is 6.37. The van der Waals surface area contributed by atoms with Gasteiger partial charge in [-0.15, -0.1) is 0 Å². The number of sulfonamides is 1. The van der Waals surface area contributed by atoms with Gasteiger partial charge in [0, 0.05) is 0 Å². The van der Waals surface area contributed by atoms with E-state index in [0.717, 1.165) is 10.7 Å². The van der Waals surface area contributed by atoms with E-state index >= 15 is 0 Å². The van der Waals surface area contributed by atoms with E-state index in [1.807, 2.05) is 6.92 Å². The quantitative estimate of drug-likeness (QED) is 0.755. The molecule has 1 aromatic carbocycles. The van der Waals surface area contributed by atoms with Crippen LogP contribution in [-0.4, -0.2) is 43.5 Å². The smallest absolute Gasteiger partial charge is 0.335 e. The van der Waals surface area contributed by atoms with Crippen molar-refractivity contribution < 1.29 is 23.4 Å². The summed E-state index contributed by atoms with van der Waals surface area (Å²) in [5, 5.41) is 17.9. The first-order chi connectivity index (χ1) is 9.42. The summed E-state index contributed by atoms with van der Waals surface area (Å²) in [4.78, 5) is 10.8. The standard InChI is InChI=1S/C13H19NO5S/c1-2-3-10-20(18,19)14(8-9-15)12-6-4-11(5-7-12)13(16)17/h4-7,15H,2-3,8-10H2,1H3,(H,16,17). The Morgan fingerprint density at radius 2 is 1.85 bits per heavy atom. The van der Waals surface area contributed by atoms with E-state index in [2.05, 4.69) is 0 Å². The number of aliphatic hydroxyl groups excluding tert-OH is 1. The molecule has 1 rings (SSSR count). The first kappa shape index (κ1) is 16.5. The van der Waals surface area contributed by atoms with Gasteiger partial charge in [-0.3, -0.25) is 4.31 Å². The summed E-state index contributed by atoms with van der Waals surface area (Å²) < 4.78 is 25.5. The van der Waals surface area contributed by atoms with Crippen LogP contribution in [0.25, 0.3) is 0 Å². The largest absolute Gasteiger partial charge is 0.478 e. The van der Waals surface area contributed by atoms with E-state index in [1.165, 1.54) is 24.3 Å². The number of hydrogen-bond acceptors (Lipinski definition) is 4. The zero-order valence-electron chi connectivity index (χ0n) is 11.3. The Labute approximate surface area is 118 Å². The molecule has 0 unspecified atom stereocenters. The van der Waals surface area contributed by atoms with Crippen LogP contribution in [-0.2, 0) is 10.0 Å². The maximum Gasteiger partial charge on any atom is 0.335 e. The molecule has 0 atom stereocenters. The summed E-state index contributed by atoms with van der Waals surface area (Å²) in [7, 11) is -3.51. The average Bonchev–Trinajstić information content (AvgIpc) is 2.42. The summed E-state index contributed by atoms with van der Waals surface area (Å²) in [5.74, 6) is -1.07. The van der Waals surface area contributed by atoms with Gasteiger partial charge in [0.1, 0.15) is 0 Å². The Bertz CT molecular complexity index is 538. The highest BCUT2D eigenvalue weighted by Gasteiger charge is 2.21. The van der Waals surface area contributed by atoms with Crippen LogP contribution in [0.5, 0.6) is 0 Å². The number of aliphatic hydroxyl groups is 1. The van der Waals surface area contributed by atoms with Crippen LogP contribution >= 0.6 is 0 Å². The zero-order chi connectivity index (χ0) is 15.2. The van der Waals surface area contributed by atoms with Crippen molar-refractivity contribution in [2.75, 3.05) is 23.2 Å². The Morgan fingerprint density at radius 3 is 2.30 bits per heavy atom.